The summed E-state index contributed by atoms with van der Waals surface area (Å²) < 4.78 is 43.3. The van der Waals surface area contributed by atoms with Crippen LogP contribution in [0, 0.1) is 5.92 Å². The minimum Gasteiger partial charge on any atom is -0.467 e. The molecule has 0 fully saturated rings. The van der Waals surface area contributed by atoms with Crippen molar-refractivity contribution in [2.24, 2.45) is 5.92 Å². The second kappa shape index (κ2) is 7.29. The molecule has 0 aromatic heterocycles. The van der Waals surface area contributed by atoms with Gasteiger partial charge in [0.15, 0.2) is 0 Å². The van der Waals surface area contributed by atoms with Crippen molar-refractivity contribution >= 4 is 11.9 Å². The molecule has 0 unspecified atom stereocenters. The third kappa shape index (κ3) is 4.75. The quantitative estimate of drug-likeness (QED) is 0.849. The fourth-order valence-electron chi connectivity index (χ4n) is 1.99. The number of hydrogen-bond acceptors (Lipinski definition) is 3. The van der Waals surface area contributed by atoms with Crippen molar-refractivity contribution in [1.29, 1.82) is 0 Å². The molecular formula is C15H18F3NO3. The zero-order valence-electron chi connectivity index (χ0n) is 12.5. The van der Waals surface area contributed by atoms with Crippen LogP contribution in [0.4, 0.5) is 13.2 Å². The van der Waals surface area contributed by atoms with E-state index in [0.29, 0.717) is 0 Å². The first kappa shape index (κ1) is 18.0. The molecule has 1 atom stereocenters. The maximum absolute atomic E-state index is 12.9. The van der Waals surface area contributed by atoms with Gasteiger partial charge in [-0.15, -0.1) is 0 Å². The zero-order chi connectivity index (χ0) is 16.9. The largest absolute Gasteiger partial charge is 0.467 e. The summed E-state index contributed by atoms with van der Waals surface area (Å²) in [5.41, 5.74) is -1.56. The van der Waals surface area contributed by atoms with Gasteiger partial charge in [0.25, 0.3) is 5.91 Å². The first-order chi connectivity index (χ1) is 10.2. The first-order valence-corrected chi connectivity index (χ1v) is 6.71. The van der Waals surface area contributed by atoms with Crippen molar-refractivity contribution in [1.82, 2.24) is 5.32 Å². The number of rotatable bonds is 5. The van der Waals surface area contributed by atoms with E-state index in [9.17, 15) is 22.8 Å². The van der Waals surface area contributed by atoms with Gasteiger partial charge in [-0.1, -0.05) is 26.0 Å². The Bertz CT molecular complexity index is 541. The Hall–Kier alpha value is -2.05. The lowest BCUT2D eigenvalue weighted by atomic mass is 10.0. The Morgan fingerprint density at radius 3 is 2.32 bits per heavy atom. The molecule has 7 heteroatoms. The normalized spacial score (nSPS) is 12.9. The number of methoxy groups -OCH3 is 1. The van der Waals surface area contributed by atoms with Crippen molar-refractivity contribution in [2.45, 2.75) is 32.5 Å². The van der Waals surface area contributed by atoms with E-state index >= 15 is 0 Å². The Morgan fingerprint density at radius 1 is 1.23 bits per heavy atom. The van der Waals surface area contributed by atoms with E-state index in [4.69, 9.17) is 0 Å². The van der Waals surface area contributed by atoms with E-state index in [1.165, 1.54) is 12.1 Å². The number of hydrogen-bond donors (Lipinski definition) is 1. The highest BCUT2D eigenvalue weighted by Gasteiger charge is 2.35. The van der Waals surface area contributed by atoms with Crippen LogP contribution < -0.4 is 5.32 Å². The molecule has 0 spiro atoms. The molecule has 1 amide bonds. The topological polar surface area (TPSA) is 55.4 Å². The van der Waals surface area contributed by atoms with Crippen LogP contribution in [-0.4, -0.2) is 25.0 Å². The van der Waals surface area contributed by atoms with Gasteiger partial charge < -0.3 is 10.1 Å². The summed E-state index contributed by atoms with van der Waals surface area (Å²) in [7, 11) is 1.16. The van der Waals surface area contributed by atoms with Crippen molar-refractivity contribution < 1.29 is 27.5 Å². The highest BCUT2D eigenvalue weighted by Crippen LogP contribution is 2.31. The summed E-state index contributed by atoms with van der Waals surface area (Å²) in [4.78, 5) is 23.7. The van der Waals surface area contributed by atoms with Crippen molar-refractivity contribution in [3.63, 3.8) is 0 Å². The number of alkyl halides is 3. The fourth-order valence-corrected chi connectivity index (χ4v) is 1.99. The van der Waals surface area contributed by atoms with E-state index < -0.39 is 35.2 Å². The van der Waals surface area contributed by atoms with Gasteiger partial charge in [0.2, 0.25) is 0 Å². The molecule has 0 heterocycles. The van der Waals surface area contributed by atoms with E-state index in [0.717, 1.165) is 19.2 Å². The Balaban J connectivity index is 3.03. The van der Waals surface area contributed by atoms with Crippen LogP contribution >= 0.6 is 0 Å². The van der Waals surface area contributed by atoms with Gasteiger partial charge in [0, 0.05) is 0 Å². The SMILES string of the molecule is COC(=O)[C@@H](CC(C)C)NC(=O)c1ccccc1C(F)(F)F. The summed E-state index contributed by atoms with van der Waals surface area (Å²) in [6.07, 6.45) is -4.38. The maximum atomic E-state index is 12.9. The minimum absolute atomic E-state index is 0.0576. The maximum Gasteiger partial charge on any atom is 0.417 e. The third-order valence-electron chi connectivity index (χ3n) is 2.98. The van der Waals surface area contributed by atoms with Gasteiger partial charge in [-0.2, -0.15) is 13.2 Å². The minimum atomic E-state index is -4.65. The molecule has 0 radical (unpaired) electrons. The first-order valence-electron chi connectivity index (χ1n) is 6.71. The standard InChI is InChI=1S/C15H18F3NO3/c1-9(2)8-12(14(21)22-3)19-13(20)10-6-4-5-7-11(10)15(16,17)18/h4-7,9,12H,8H2,1-3H3,(H,19,20)/t12-/m1/s1. The Kier molecular flexibility index (Phi) is 5.96. The number of carbonyl (C=O) groups excluding carboxylic acids is 2. The molecule has 1 rings (SSSR count). The van der Waals surface area contributed by atoms with Crippen molar-refractivity contribution in [3.8, 4) is 0 Å². The number of esters is 1. The molecule has 22 heavy (non-hydrogen) atoms. The molecule has 1 aromatic carbocycles. The van der Waals surface area contributed by atoms with Gasteiger partial charge in [0.05, 0.1) is 18.2 Å². The van der Waals surface area contributed by atoms with Crippen LogP contribution in [0.3, 0.4) is 0 Å². The van der Waals surface area contributed by atoms with E-state index in [1.807, 2.05) is 13.8 Å². The zero-order valence-corrected chi connectivity index (χ0v) is 12.5. The molecule has 1 aromatic rings. The van der Waals surface area contributed by atoms with Crippen LogP contribution in [0.2, 0.25) is 0 Å². The molecule has 4 nitrogen and oxygen atoms in total. The van der Waals surface area contributed by atoms with Gasteiger partial charge in [0.1, 0.15) is 6.04 Å². The second-order valence-electron chi connectivity index (χ2n) is 5.22. The monoisotopic (exact) mass is 317 g/mol. The highest BCUT2D eigenvalue weighted by atomic mass is 19.4. The molecule has 0 aliphatic carbocycles. The van der Waals surface area contributed by atoms with Gasteiger partial charge >= 0.3 is 12.1 Å². The fraction of sp³-hybridized carbons (Fsp3) is 0.467. The van der Waals surface area contributed by atoms with Crippen LogP contribution in [0.15, 0.2) is 24.3 Å². The second-order valence-corrected chi connectivity index (χ2v) is 5.22. The molecule has 1 N–H and O–H groups in total. The number of ether oxygens (including phenoxy) is 1. The molecular weight excluding hydrogens is 299 g/mol. The lowest BCUT2D eigenvalue weighted by molar-refractivity contribution is -0.143. The van der Waals surface area contributed by atoms with Crippen molar-refractivity contribution in [2.75, 3.05) is 7.11 Å². The Morgan fingerprint density at radius 2 is 1.82 bits per heavy atom. The highest BCUT2D eigenvalue weighted by molar-refractivity contribution is 5.98. The number of amides is 1. The summed E-state index contributed by atoms with van der Waals surface area (Å²) in [6, 6.07) is 3.44. The van der Waals surface area contributed by atoms with E-state index in [2.05, 4.69) is 10.1 Å². The van der Waals surface area contributed by atoms with Gasteiger partial charge in [-0.05, 0) is 24.5 Å². The van der Waals surface area contributed by atoms with E-state index in [-0.39, 0.29) is 12.3 Å². The molecule has 0 saturated carbocycles. The Labute approximate surface area is 126 Å². The van der Waals surface area contributed by atoms with Crippen LogP contribution in [0.25, 0.3) is 0 Å². The number of nitrogens with one attached hydrogen (secondary N) is 1. The molecule has 0 aliphatic heterocycles. The lowest BCUT2D eigenvalue weighted by Gasteiger charge is -2.19. The average molecular weight is 317 g/mol. The summed E-state index contributed by atoms with van der Waals surface area (Å²) in [6.45, 7) is 3.65. The summed E-state index contributed by atoms with van der Waals surface area (Å²) in [5.74, 6) is -1.59. The van der Waals surface area contributed by atoms with Crippen LogP contribution in [0.1, 0.15) is 36.2 Å². The van der Waals surface area contributed by atoms with E-state index in [1.54, 1.807) is 0 Å². The van der Waals surface area contributed by atoms with Gasteiger partial charge in [-0.25, -0.2) is 4.79 Å². The number of carbonyl (C=O) groups is 2. The summed E-state index contributed by atoms with van der Waals surface area (Å²) in [5, 5.41) is 2.31. The van der Waals surface area contributed by atoms with Gasteiger partial charge in [-0.3, -0.25) is 4.79 Å². The average Bonchev–Trinajstić information content (AvgIpc) is 2.44. The lowest BCUT2D eigenvalue weighted by Crippen LogP contribution is -2.42. The number of benzene rings is 1. The summed E-state index contributed by atoms with van der Waals surface area (Å²) >= 11 is 0. The molecule has 0 bridgehead atoms. The predicted octanol–water partition coefficient (Wildman–Crippen LogP) is 3.02. The molecule has 0 saturated heterocycles. The van der Waals surface area contributed by atoms with Crippen LogP contribution in [-0.2, 0) is 15.7 Å². The van der Waals surface area contributed by atoms with Crippen LogP contribution in [0.5, 0.6) is 0 Å². The smallest absolute Gasteiger partial charge is 0.417 e. The van der Waals surface area contributed by atoms with Crippen molar-refractivity contribution in [3.05, 3.63) is 35.4 Å². The predicted molar refractivity (Wildman–Crippen MR) is 74.2 cm³/mol. The molecule has 0 aliphatic rings. The molecule has 122 valence electrons. The third-order valence-corrected chi connectivity index (χ3v) is 2.98. The number of halogens is 3.